The zero-order chi connectivity index (χ0) is 22.0. The molecule has 0 aliphatic carbocycles. The van der Waals surface area contributed by atoms with Crippen LogP contribution in [0.4, 0.5) is 17.6 Å². The zero-order valence-corrected chi connectivity index (χ0v) is 16.9. The second kappa shape index (κ2) is 9.06. The number of aliphatic imine (C=N–C) groups is 1. The molecule has 0 saturated carbocycles. The quantitative estimate of drug-likeness (QED) is 0.369. The first kappa shape index (κ1) is 22.1. The van der Waals surface area contributed by atoms with Gasteiger partial charge in [-0.3, -0.25) is 9.79 Å². The van der Waals surface area contributed by atoms with E-state index in [4.69, 9.17) is 27.9 Å². The average Bonchev–Trinajstić information content (AvgIpc) is 2.63. The summed E-state index contributed by atoms with van der Waals surface area (Å²) < 4.78 is 60.3. The van der Waals surface area contributed by atoms with E-state index in [1.165, 1.54) is 6.07 Å². The summed E-state index contributed by atoms with van der Waals surface area (Å²) in [5, 5.41) is 2.36. The van der Waals surface area contributed by atoms with E-state index in [1.807, 2.05) is 0 Å². The number of nitrogens with one attached hydrogen (secondary N) is 1. The third kappa shape index (κ3) is 4.60. The minimum absolute atomic E-state index is 0.0316. The van der Waals surface area contributed by atoms with Crippen LogP contribution >= 0.6 is 23.2 Å². The lowest BCUT2D eigenvalue weighted by molar-refractivity contribution is -0.142. The normalized spacial score (nSPS) is 16.2. The molecule has 4 nitrogen and oxygen atoms in total. The highest BCUT2D eigenvalue weighted by molar-refractivity contribution is 6.32. The van der Waals surface area contributed by atoms with Gasteiger partial charge in [0, 0.05) is 22.7 Å². The molecule has 0 saturated heterocycles. The van der Waals surface area contributed by atoms with Crippen LogP contribution in [0.1, 0.15) is 30.5 Å². The van der Waals surface area contributed by atoms with Crippen molar-refractivity contribution in [3.8, 4) is 0 Å². The molecule has 0 amide bonds. The fraction of sp³-hybridized carbons (Fsp3) is 0.200. The molecule has 158 valence electrons. The highest BCUT2D eigenvalue weighted by atomic mass is 35.5. The predicted molar refractivity (Wildman–Crippen MR) is 104 cm³/mol. The zero-order valence-electron chi connectivity index (χ0n) is 15.4. The molecule has 0 bridgehead atoms. The molecule has 1 atom stereocenters. The number of esters is 1. The number of hydrogen-bond acceptors (Lipinski definition) is 4. The molecule has 0 aromatic heterocycles. The third-order valence-corrected chi connectivity index (χ3v) is 4.90. The maximum absolute atomic E-state index is 14.3. The van der Waals surface area contributed by atoms with Crippen molar-refractivity contribution in [1.82, 2.24) is 5.32 Å². The van der Waals surface area contributed by atoms with Crippen LogP contribution in [0.25, 0.3) is 0 Å². The molecular weight excluding hydrogens is 447 g/mol. The number of nitrogens with zero attached hydrogens (tertiary/aromatic N) is 1. The third-order valence-electron chi connectivity index (χ3n) is 4.24. The van der Waals surface area contributed by atoms with Crippen molar-refractivity contribution in [1.29, 1.82) is 0 Å². The standard InChI is InChI=1S/C20H14Cl2F4N2O2/c1-2-30-16(29)8-12-18(11-4-3-9(23)5-13(11)21)27-20(28-19(12)22)17-14(25)6-10(24)7-15(17)26/h3-7,18H,2,8H2,1H3,(H,27,28). The van der Waals surface area contributed by atoms with Gasteiger partial charge in [0.15, 0.2) is 0 Å². The number of rotatable bonds is 5. The Hall–Kier alpha value is -2.58. The fourth-order valence-electron chi connectivity index (χ4n) is 2.96. The number of carbonyl (C=O) groups excluding carboxylic acids is 1. The molecule has 1 unspecified atom stereocenters. The summed E-state index contributed by atoms with van der Waals surface area (Å²) in [4.78, 5) is 16.3. The lowest BCUT2D eigenvalue weighted by Crippen LogP contribution is -2.31. The summed E-state index contributed by atoms with van der Waals surface area (Å²) >= 11 is 12.4. The van der Waals surface area contributed by atoms with Gasteiger partial charge in [0.05, 0.1) is 18.6 Å². The Bertz CT molecular complexity index is 1050. The molecule has 0 spiro atoms. The maximum atomic E-state index is 14.3. The highest BCUT2D eigenvalue weighted by Crippen LogP contribution is 2.38. The van der Waals surface area contributed by atoms with Gasteiger partial charge >= 0.3 is 5.97 Å². The molecule has 10 heteroatoms. The number of hydrogen-bond donors (Lipinski definition) is 1. The number of amidine groups is 1. The van der Waals surface area contributed by atoms with Crippen molar-refractivity contribution in [2.24, 2.45) is 4.99 Å². The van der Waals surface area contributed by atoms with Crippen molar-refractivity contribution in [2.75, 3.05) is 6.61 Å². The van der Waals surface area contributed by atoms with Gasteiger partial charge in [-0.25, -0.2) is 17.6 Å². The summed E-state index contributed by atoms with van der Waals surface area (Å²) in [7, 11) is 0. The van der Waals surface area contributed by atoms with Gasteiger partial charge in [-0.05, 0) is 24.6 Å². The van der Waals surface area contributed by atoms with Gasteiger partial charge in [-0.1, -0.05) is 29.3 Å². The number of halogens is 6. The van der Waals surface area contributed by atoms with E-state index < -0.39 is 40.8 Å². The largest absolute Gasteiger partial charge is 0.466 e. The van der Waals surface area contributed by atoms with E-state index in [1.54, 1.807) is 6.92 Å². The predicted octanol–water partition coefficient (Wildman–Crippen LogP) is 5.39. The summed E-state index contributed by atoms with van der Waals surface area (Å²) in [6.07, 6.45) is -0.302. The smallest absolute Gasteiger partial charge is 0.310 e. The van der Waals surface area contributed by atoms with E-state index in [0.29, 0.717) is 12.1 Å². The van der Waals surface area contributed by atoms with Gasteiger partial charge in [0.2, 0.25) is 0 Å². The van der Waals surface area contributed by atoms with Crippen LogP contribution in [-0.4, -0.2) is 18.4 Å². The second-order valence-corrected chi connectivity index (χ2v) is 7.02. The molecule has 30 heavy (non-hydrogen) atoms. The van der Waals surface area contributed by atoms with Crippen LogP contribution in [0, 0.1) is 23.3 Å². The first-order valence-corrected chi connectivity index (χ1v) is 9.45. The summed E-state index contributed by atoms with van der Waals surface area (Å²) in [5.41, 5.74) is -0.194. The Kier molecular flexibility index (Phi) is 6.67. The van der Waals surface area contributed by atoms with E-state index in [9.17, 15) is 22.4 Å². The van der Waals surface area contributed by atoms with Crippen LogP contribution in [-0.2, 0) is 9.53 Å². The van der Waals surface area contributed by atoms with Crippen molar-refractivity contribution in [3.05, 3.63) is 80.5 Å². The molecular formula is C20H14Cl2F4N2O2. The lowest BCUT2D eigenvalue weighted by atomic mass is 9.95. The molecule has 1 aliphatic heterocycles. The Morgan fingerprint density at radius 3 is 2.37 bits per heavy atom. The minimum Gasteiger partial charge on any atom is -0.466 e. The Labute approximate surface area is 179 Å². The molecule has 1 heterocycles. The Balaban J connectivity index is 2.13. The molecule has 1 N–H and O–H groups in total. The van der Waals surface area contributed by atoms with Crippen molar-refractivity contribution in [2.45, 2.75) is 19.4 Å². The Morgan fingerprint density at radius 2 is 1.77 bits per heavy atom. The van der Waals surface area contributed by atoms with Gasteiger partial charge in [-0.2, -0.15) is 0 Å². The summed E-state index contributed by atoms with van der Waals surface area (Å²) in [5.74, 6) is -5.09. The topological polar surface area (TPSA) is 50.7 Å². The number of ether oxygens (including phenoxy) is 1. The molecule has 2 aromatic carbocycles. The molecule has 2 aromatic rings. The van der Waals surface area contributed by atoms with E-state index >= 15 is 0 Å². The summed E-state index contributed by atoms with van der Waals surface area (Å²) in [6, 6.07) is 3.38. The van der Waals surface area contributed by atoms with E-state index in [2.05, 4.69) is 10.3 Å². The molecule has 1 aliphatic rings. The van der Waals surface area contributed by atoms with E-state index in [-0.39, 0.29) is 40.2 Å². The first-order chi connectivity index (χ1) is 14.2. The average molecular weight is 461 g/mol. The van der Waals surface area contributed by atoms with E-state index in [0.717, 1.165) is 12.1 Å². The first-order valence-electron chi connectivity index (χ1n) is 8.70. The van der Waals surface area contributed by atoms with Crippen LogP contribution in [0.15, 0.2) is 46.1 Å². The van der Waals surface area contributed by atoms with Crippen LogP contribution in [0.2, 0.25) is 5.02 Å². The maximum Gasteiger partial charge on any atom is 0.310 e. The molecule has 3 rings (SSSR count). The number of carbonyl (C=O) groups is 1. The fourth-order valence-corrected chi connectivity index (χ4v) is 3.49. The second-order valence-electron chi connectivity index (χ2n) is 6.24. The highest BCUT2D eigenvalue weighted by Gasteiger charge is 2.31. The SMILES string of the molecule is CCOC(=O)CC1=C(Cl)NC(c2c(F)cc(F)cc2F)=NC1c1ccc(F)cc1Cl. The van der Waals surface area contributed by atoms with Crippen molar-refractivity contribution < 1.29 is 27.1 Å². The molecule has 0 fully saturated rings. The van der Waals surface area contributed by atoms with Gasteiger partial charge < -0.3 is 10.1 Å². The minimum atomic E-state index is -1.21. The number of benzene rings is 2. The summed E-state index contributed by atoms with van der Waals surface area (Å²) in [6.45, 7) is 1.75. The van der Waals surface area contributed by atoms with Crippen molar-refractivity contribution >= 4 is 35.0 Å². The molecule has 0 radical (unpaired) electrons. The van der Waals surface area contributed by atoms with Crippen LogP contribution < -0.4 is 5.32 Å². The van der Waals surface area contributed by atoms with Crippen LogP contribution in [0.3, 0.4) is 0 Å². The monoisotopic (exact) mass is 460 g/mol. The van der Waals surface area contributed by atoms with Crippen molar-refractivity contribution in [3.63, 3.8) is 0 Å². The Morgan fingerprint density at radius 1 is 1.10 bits per heavy atom. The van der Waals surface area contributed by atoms with Gasteiger partial charge in [0.25, 0.3) is 0 Å². The lowest BCUT2D eigenvalue weighted by Gasteiger charge is -2.27. The van der Waals surface area contributed by atoms with Gasteiger partial charge in [0.1, 0.15) is 40.3 Å². The van der Waals surface area contributed by atoms with Crippen LogP contribution in [0.5, 0.6) is 0 Å². The van der Waals surface area contributed by atoms with Gasteiger partial charge in [-0.15, -0.1) is 0 Å².